The standard InChI is InChI=1S/C13H16N4O3S/c1-7(12-16-8(2)6-21-12)4-14-10(18)3-9-5-15-13(20)17-11(9)19/h5-7H,3-4H2,1-2H3,(H,14,18)(H2,15,17,19,20)/t7-/m1/s1. The first kappa shape index (κ1) is 15.2. The summed E-state index contributed by atoms with van der Waals surface area (Å²) in [6.07, 6.45) is 1.18. The van der Waals surface area contributed by atoms with Crippen LogP contribution in [-0.2, 0) is 11.2 Å². The van der Waals surface area contributed by atoms with Crippen LogP contribution in [0.3, 0.4) is 0 Å². The molecule has 0 aliphatic heterocycles. The molecule has 0 saturated heterocycles. The summed E-state index contributed by atoms with van der Waals surface area (Å²) < 4.78 is 0. The van der Waals surface area contributed by atoms with Crippen LogP contribution < -0.4 is 16.6 Å². The maximum Gasteiger partial charge on any atom is 0.325 e. The van der Waals surface area contributed by atoms with Gasteiger partial charge in [0.05, 0.1) is 11.4 Å². The van der Waals surface area contributed by atoms with Crippen LogP contribution in [0, 0.1) is 6.92 Å². The van der Waals surface area contributed by atoms with Crippen LogP contribution >= 0.6 is 11.3 Å². The summed E-state index contributed by atoms with van der Waals surface area (Å²) in [7, 11) is 0. The number of hydrogen-bond donors (Lipinski definition) is 3. The summed E-state index contributed by atoms with van der Waals surface area (Å²) in [6, 6.07) is 0. The molecule has 2 heterocycles. The molecule has 0 aromatic carbocycles. The number of nitrogens with one attached hydrogen (secondary N) is 3. The number of thiazole rings is 1. The number of aryl methyl sites for hydroxylation is 1. The Morgan fingerprint density at radius 1 is 1.48 bits per heavy atom. The second-order valence-corrected chi connectivity index (χ2v) is 5.70. The third kappa shape index (κ3) is 4.12. The summed E-state index contributed by atoms with van der Waals surface area (Å²) in [5.41, 5.74) is 0.0622. The minimum Gasteiger partial charge on any atom is -0.355 e. The van der Waals surface area contributed by atoms with Crippen molar-refractivity contribution in [1.82, 2.24) is 20.3 Å². The predicted molar refractivity (Wildman–Crippen MR) is 79.7 cm³/mol. The first-order chi connectivity index (χ1) is 9.95. The molecule has 0 spiro atoms. The van der Waals surface area contributed by atoms with Crippen LogP contribution in [0.5, 0.6) is 0 Å². The lowest BCUT2D eigenvalue weighted by molar-refractivity contribution is -0.120. The third-order valence-electron chi connectivity index (χ3n) is 2.91. The van der Waals surface area contributed by atoms with Gasteiger partial charge in [-0.2, -0.15) is 0 Å². The van der Waals surface area contributed by atoms with Gasteiger partial charge < -0.3 is 10.3 Å². The molecule has 0 fully saturated rings. The van der Waals surface area contributed by atoms with Crippen molar-refractivity contribution in [2.75, 3.05) is 6.54 Å². The smallest absolute Gasteiger partial charge is 0.325 e. The maximum atomic E-state index is 11.8. The Kier molecular flexibility index (Phi) is 4.69. The normalized spacial score (nSPS) is 12.1. The number of hydrogen-bond acceptors (Lipinski definition) is 5. The van der Waals surface area contributed by atoms with Crippen molar-refractivity contribution in [3.05, 3.63) is 48.7 Å². The zero-order valence-electron chi connectivity index (χ0n) is 11.7. The Morgan fingerprint density at radius 3 is 2.86 bits per heavy atom. The monoisotopic (exact) mass is 308 g/mol. The molecule has 0 bridgehead atoms. The minimum absolute atomic E-state index is 0.0737. The Labute approximate surface area is 124 Å². The molecular weight excluding hydrogens is 292 g/mol. The molecule has 1 amide bonds. The Bertz CT molecular complexity index is 746. The molecule has 0 radical (unpaired) electrons. The van der Waals surface area contributed by atoms with Crippen LogP contribution in [0.15, 0.2) is 21.2 Å². The highest BCUT2D eigenvalue weighted by atomic mass is 32.1. The fraction of sp³-hybridized carbons (Fsp3) is 0.385. The molecule has 2 aromatic rings. The van der Waals surface area contributed by atoms with Gasteiger partial charge in [-0.25, -0.2) is 9.78 Å². The number of amides is 1. The number of aromatic nitrogens is 3. The molecule has 3 N–H and O–H groups in total. The molecule has 1 atom stereocenters. The average molecular weight is 308 g/mol. The molecule has 2 rings (SSSR count). The number of H-pyrrole nitrogens is 2. The molecule has 112 valence electrons. The zero-order valence-corrected chi connectivity index (χ0v) is 12.5. The largest absolute Gasteiger partial charge is 0.355 e. The maximum absolute atomic E-state index is 11.8. The van der Waals surface area contributed by atoms with E-state index in [9.17, 15) is 14.4 Å². The van der Waals surface area contributed by atoms with Gasteiger partial charge in [-0.1, -0.05) is 6.92 Å². The number of aromatic amines is 2. The van der Waals surface area contributed by atoms with Gasteiger partial charge in [0.15, 0.2) is 0 Å². The van der Waals surface area contributed by atoms with Crippen molar-refractivity contribution in [3.8, 4) is 0 Å². The van der Waals surface area contributed by atoms with Crippen LogP contribution in [0.2, 0.25) is 0 Å². The van der Waals surface area contributed by atoms with Crippen LogP contribution in [0.4, 0.5) is 0 Å². The lowest BCUT2D eigenvalue weighted by atomic mass is 10.2. The molecular formula is C13H16N4O3S. The van der Waals surface area contributed by atoms with Crippen molar-refractivity contribution < 1.29 is 4.79 Å². The van der Waals surface area contributed by atoms with Crippen molar-refractivity contribution in [2.45, 2.75) is 26.2 Å². The van der Waals surface area contributed by atoms with Crippen LogP contribution in [0.25, 0.3) is 0 Å². The number of carbonyl (C=O) groups is 1. The molecule has 0 saturated carbocycles. The fourth-order valence-corrected chi connectivity index (χ4v) is 2.61. The summed E-state index contributed by atoms with van der Waals surface area (Å²) in [5.74, 6) is -0.158. The van der Waals surface area contributed by atoms with Gasteiger partial charge in [-0.05, 0) is 6.92 Å². The SMILES string of the molecule is Cc1csc([C@H](C)CNC(=O)Cc2c[nH]c(=O)[nH]c2=O)n1. The number of carbonyl (C=O) groups excluding carboxylic acids is 1. The quantitative estimate of drug-likeness (QED) is 0.738. The van der Waals surface area contributed by atoms with E-state index in [0.29, 0.717) is 6.54 Å². The van der Waals surface area contributed by atoms with E-state index < -0.39 is 11.2 Å². The first-order valence-electron chi connectivity index (χ1n) is 6.45. The molecule has 0 unspecified atom stereocenters. The van der Waals surface area contributed by atoms with E-state index in [2.05, 4.69) is 20.3 Å². The van der Waals surface area contributed by atoms with Gasteiger partial charge in [0, 0.05) is 35.3 Å². The summed E-state index contributed by atoms with van der Waals surface area (Å²) in [6.45, 7) is 4.35. The van der Waals surface area contributed by atoms with Crippen LogP contribution in [0.1, 0.15) is 29.1 Å². The van der Waals surface area contributed by atoms with E-state index in [0.717, 1.165) is 10.7 Å². The van der Waals surface area contributed by atoms with E-state index in [4.69, 9.17) is 0 Å². The minimum atomic E-state index is -0.586. The average Bonchev–Trinajstić information content (AvgIpc) is 2.86. The molecule has 2 aromatic heterocycles. The van der Waals surface area contributed by atoms with E-state index in [1.807, 2.05) is 19.2 Å². The van der Waals surface area contributed by atoms with Gasteiger partial charge in [0.2, 0.25) is 5.91 Å². The number of nitrogens with zero attached hydrogens (tertiary/aromatic N) is 1. The highest BCUT2D eigenvalue weighted by molar-refractivity contribution is 7.09. The first-order valence-corrected chi connectivity index (χ1v) is 7.33. The van der Waals surface area contributed by atoms with E-state index in [1.165, 1.54) is 6.20 Å². The Hall–Kier alpha value is -2.22. The topological polar surface area (TPSA) is 108 Å². The second-order valence-electron chi connectivity index (χ2n) is 4.81. The molecule has 0 aliphatic carbocycles. The zero-order chi connectivity index (χ0) is 15.4. The van der Waals surface area contributed by atoms with Crippen molar-refractivity contribution in [1.29, 1.82) is 0 Å². The van der Waals surface area contributed by atoms with Gasteiger partial charge in [0.25, 0.3) is 5.56 Å². The van der Waals surface area contributed by atoms with E-state index in [1.54, 1.807) is 11.3 Å². The van der Waals surface area contributed by atoms with Gasteiger partial charge in [-0.15, -0.1) is 11.3 Å². The van der Waals surface area contributed by atoms with Gasteiger partial charge in [-0.3, -0.25) is 14.6 Å². The van der Waals surface area contributed by atoms with Crippen LogP contribution in [-0.4, -0.2) is 27.4 Å². The molecule has 0 aliphatic rings. The summed E-state index contributed by atoms with van der Waals surface area (Å²) in [4.78, 5) is 43.0. The van der Waals surface area contributed by atoms with Crippen molar-refractivity contribution in [3.63, 3.8) is 0 Å². The van der Waals surface area contributed by atoms with Crippen molar-refractivity contribution in [2.24, 2.45) is 0 Å². The highest BCUT2D eigenvalue weighted by Crippen LogP contribution is 2.18. The van der Waals surface area contributed by atoms with E-state index >= 15 is 0 Å². The van der Waals surface area contributed by atoms with E-state index in [-0.39, 0.29) is 23.8 Å². The Morgan fingerprint density at radius 2 is 2.24 bits per heavy atom. The van der Waals surface area contributed by atoms with Crippen molar-refractivity contribution >= 4 is 17.2 Å². The summed E-state index contributed by atoms with van der Waals surface area (Å²) >= 11 is 1.56. The van der Waals surface area contributed by atoms with Gasteiger partial charge >= 0.3 is 5.69 Å². The molecule has 8 heteroatoms. The molecule has 21 heavy (non-hydrogen) atoms. The second kappa shape index (κ2) is 6.49. The lowest BCUT2D eigenvalue weighted by Gasteiger charge is -2.09. The third-order valence-corrected chi connectivity index (χ3v) is 4.11. The fourth-order valence-electron chi connectivity index (χ4n) is 1.76. The van der Waals surface area contributed by atoms with Gasteiger partial charge in [0.1, 0.15) is 0 Å². The number of rotatable bonds is 5. The Balaban J connectivity index is 1.90. The molecule has 7 nitrogen and oxygen atoms in total. The lowest BCUT2D eigenvalue weighted by Crippen LogP contribution is -2.32. The summed E-state index contributed by atoms with van der Waals surface area (Å²) in [5, 5.41) is 5.70. The highest BCUT2D eigenvalue weighted by Gasteiger charge is 2.12. The predicted octanol–water partition coefficient (Wildman–Crippen LogP) is 0.291.